The standard InChI is InChI=1S/C8H19NO2S/c1-5-8(12(4,10)11)6-7-9(2)3/h8H,5-7H2,1-4H3. The van der Waals surface area contributed by atoms with Gasteiger partial charge in [0.1, 0.15) is 9.84 Å². The van der Waals surface area contributed by atoms with Gasteiger partial charge in [-0.25, -0.2) is 8.42 Å². The topological polar surface area (TPSA) is 37.4 Å². The van der Waals surface area contributed by atoms with E-state index in [1.54, 1.807) is 0 Å². The van der Waals surface area contributed by atoms with E-state index in [4.69, 9.17) is 0 Å². The Morgan fingerprint density at radius 2 is 1.83 bits per heavy atom. The van der Waals surface area contributed by atoms with Crippen molar-refractivity contribution < 1.29 is 8.42 Å². The van der Waals surface area contributed by atoms with Crippen LogP contribution in [-0.4, -0.2) is 45.5 Å². The van der Waals surface area contributed by atoms with Gasteiger partial charge in [-0.2, -0.15) is 0 Å². The molecule has 0 saturated heterocycles. The van der Waals surface area contributed by atoms with Crippen LogP contribution in [0.1, 0.15) is 19.8 Å². The molecule has 0 heterocycles. The van der Waals surface area contributed by atoms with Crippen molar-refractivity contribution >= 4 is 9.84 Å². The van der Waals surface area contributed by atoms with Crippen molar-refractivity contribution in [2.75, 3.05) is 26.9 Å². The molecule has 0 aromatic rings. The minimum absolute atomic E-state index is 0.167. The first kappa shape index (κ1) is 11.9. The van der Waals surface area contributed by atoms with Gasteiger partial charge in [0.25, 0.3) is 0 Å². The van der Waals surface area contributed by atoms with Crippen molar-refractivity contribution in [3.05, 3.63) is 0 Å². The molecule has 74 valence electrons. The van der Waals surface area contributed by atoms with E-state index < -0.39 is 9.84 Å². The third-order valence-electron chi connectivity index (χ3n) is 1.96. The maximum absolute atomic E-state index is 11.2. The van der Waals surface area contributed by atoms with Crippen LogP contribution in [0.15, 0.2) is 0 Å². The van der Waals surface area contributed by atoms with Gasteiger partial charge < -0.3 is 4.90 Å². The van der Waals surface area contributed by atoms with Crippen LogP contribution in [0.3, 0.4) is 0 Å². The Labute approximate surface area is 75.7 Å². The van der Waals surface area contributed by atoms with Crippen LogP contribution in [0, 0.1) is 0 Å². The van der Waals surface area contributed by atoms with Gasteiger partial charge in [0.2, 0.25) is 0 Å². The van der Waals surface area contributed by atoms with Gasteiger partial charge in [0.15, 0.2) is 0 Å². The van der Waals surface area contributed by atoms with Crippen LogP contribution < -0.4 is 0 Å². The van der Waals surface area contributed by atoms with E-state index in [9.17, 15) is 8.42 Å². The Morgan fingerprint density at radius 1 is 1.33 bits per heavy atom. The predicted molar refractivity (Wildman–Crippen MR) is 52.1 cm³/mol. The fourth-order valence-corrected chi connectivity index (χ4v) is 2.26. The summed E-state index contributed by atoms with van der Waals surface area (Å²) in [6, 6.07) is 0. The summed E-state index contributed by atoms with van der Waals surface area (Å²) in [7, 11) is 1.07. The molecule has 0 aliphatic rings. The largest absolute Gasteiger partial charge is 0.309 e. The van der Waals surface area contributed by atoms with Crippen molar-refractivity contribution in [1.82, 2.24) is 4.90 Å². The maximum Gasteiger partial charge on any atom is 0.150 e. The summed E-state index contributed by atoms with van der Waals surface area (Å²) in [5.41, 5.74) is 0. The fraction of sp³-hybridized carbons (Fsp3) is 1.00. The normalized spacial score (nSPS) is 15.1. The lowest BCUT2D eigenvalue weighted by atomic mass is 10.2. The molecule has 0 aliphatic carbocycles. The summed E-state index contributed by atoms with van der Waals surface area (Å²) in [5, 5.41) is -0.167. The van der Waals surface area contributed by atoms with E-state index >= 15 is 0 Å². The molecular formula is C8H19NO2S. The molecule has 1 unspecified atom stereocenters. The van der Waals surface area contributed by atoms with Crippen LogP contribution in [0.5, 0.6) is 0 Å². The van der Waals surface area contributed by atoms with Gasteiger partial charge >= 0.3 is 0 Å². The zero-order valence-electron chi connectivity index (χ0n) is 8.37. The SMILES string of the molecule is CCC(CCN(C)C)S(C)(=O)=O. The molecule has 0 rings (SSSR count). The highest BCUT2D eigenvalue weighted by molar-refractivity contribution is 7.91. The Balaban J connectivity index is 4.03. The molecule has 0 amide bonds. The second-order valence-electron chi connectivity index (χ2n) is 3.45. The lowest BCUT2D eigenvalue weighted by molar-refractivity contribution is 0.392. The lowest BCUT2D eigenvalue weighted by Crippen LogP contribution is -2.25. The summed E-state index contributed by atoms with van der Waals surface area (Å²) in [6.45, 7) is 2.76. The molecule has 12 heavy (non-hydrogen) atoms. The Hall–Kier alpha value is -0.0900. The molecule has 0 bridgehead atoms. The molecule has 4 heteroatoms. The predicted octanol–water partition coefficient (Wildman–Crippen LogP) is 0.761. The first-order valence-corrected chi connectivity index (χ1v) is 6.17. The second kappa shape index (κ2) is 4.82. The molecule has 0 aliphatic heterocycles. The average molecular weight is 193 g/mol. The van der Waals surface area contributed by atoms with E-state index in [1.165, 1.54) is 6.26 Å². The number of nitrogens with zero attached hydrogens (tertiary/aromatic N) is 1. The molecule has 1 atom stereocenters. The molecule has 0 N–H and O–H groups in total. The van der Waals surface area contributed by atoms with Crippen LogP contribution in [0.4, 0.5) is 0 Å². The highest BCUT2D eigenvalue weighted by Crippen LogP contribution is 2.08. The van der Waals surface area contributed by atoms with Crippen molar-refractivity contribution in [2.24, 2.45) is 0 Å². The molecule has 0 radical (unpaired) electrons. The lowest BCUT2D eigenvalue weighted by Gasteiger charge is -2.15. The molecule has 0 aromatic carbocycles. The summed E-state index contributed by atoms with van der Waals surface area (Å²) in [4.78, 5) is 2.01. The van der Waals surface area contributed by atoms with Gasteiger partial charge in [0.05, 0.1) is 5.25 Å². The Bertz CT molecular complexity index is 209. The van der Waals surface area contributed by atoms with E-state index in [2.05, 4.69) is 0 Å². The monoisotopic (exact) mass is 193 g/mol. The van der Waals surface area contributed by atoms with E-state index in [1.807, 2.05) is 25.9 Å². The quantitative estimate of drug-likeness (QED) is 0.647. The van der Waals surface area contributed by atoms with E-state index in [0.29, 0.717) is 6.42 Å². The summed E-state index contributed by atoms with van der Waals surface area (Å²) in [5.74, 6) is 0. The molecule has 0 fully saturated rings. The third-order valence-corrected chi connectivity index (χ3v) is 3.74. The van der Waals surface area contributed by atoms with E-state index in [-0.39, 0.29) is 5.25 Å². The zero-order chi connectivity index (χ0) is 9.78. The smallest absolute Gasteiger partial charge is 0.150 e. The van der Waals surface area contributed by atoms with Gasteiger partial charge in [-0.1, -0.05) is 6.92 Å². The number of sulfone groups is 1. The summed E-state index contributed by atoms with van der Waals surface area (Å²) < 4.78 is 22.3. The highest BCUT2D eigenvalue weighted by Gasteiger charge is 2.17. The Kier molecular flexibility index (Phi) is 4.78. The minimum atomic E-state index is -2.84. The van der Waals surface area contributed by atoms with Crippen molar-refractivity contribution in [1.29, 1.82) is 0 Å². The summed E-state index contributed by atoms with van der Waals surface area (Å²) >= 11 is 0. The summed E-state index contributed by atoms with van der Waals surface area (Å²) in [6.07, 6.45) is 2.77. The number of hydrogen-bond donors (Lipinski definition) is 0. The molecule has 0 aromatic heterocycles. The van der Waals surface area contributed by atoms with Gasteiger partial charge in [0, 0.05) is 6.26 Å². The number of rotatable bonds is 5. The molecule has 0 spiro atoms. The molecule has 3 nitrogen and oxygen atoms in total. The van der Waals surface area contributed by atoms with Crippen molar-refractivity contribution in [3.63, 3.8) is 0 Å². The van der Waals surface area contributed by atoms with Gasteiger partial charge in [-0.15, -0.1) is 0 Å². The first-order chi connectivity index (χ1) is 5.38. The van der Waals surface area contributed by atoms with Crippen LogP contribution in [0.2, 0.25) is 0 Å². The van der Waals surface area contributed by atoms with Crippen LogP contribution in [0.25, 0.3) is 0 Å². The fourth-order valence-electron chi connectivity index (χ4n) is 1.12. The maximum atomic E-state index is 11.2. The Morgan fingerprint density at radius 3 is 2.08 bits per heavy atom. The van der Waals surface area contributed by atoms with Gasteiger partial charge in [-0.3, -0.25) is 0 Å². The van der Waals surface area contributed by atoms with Crippen molar-refractivity contribution in [3.8, 4) is 0 Å². The second-order valence-corrected chi connectivity index (χ2v) is 5.78. The van der Waals surface area contributed by atoms with Gasteiger partial charge in [-0.05, 0) is 33.5 Å². The molecule has 0 saturated carbocycles. The van der Waals surface area contributed by atoms with Crippen molar-refractivity contribution in [2.45, 2.75) is 25.0 Å². The zero-order valence-corrected chi connectivity index (χ0v) is 9.19. The first-order valence-electron chi connectivity index (χ1n) is 4.21. The van der Waals surface area contributed by atoms with Crippen LogP contribution in [-0.2, 0) is 9.84 Å². The van der Waals surface area contributed by atoms with E-state index in [0.717, 1.165) is 13.0 Å². The third kappa shape index (κ3) is 4.72. The number of hydrogen-bond acceptors (Lipinski definition) is 3. The van der Waals surface area contributed by atoms with Crippen LogP contribution >= 0.6 is 0 Å². The molecular weight excluding hydrogens is 174 g/mol. The average Bonchev–Trinajstić information content (AvgIpc) is 1.85. The minimum Gasteiger partial charge on any atom is -0.309 e. The highest BCUT2D eigenvalue weighted by atomic mass is 32.2.